The minimum Gasteiger partial charge on any atom is -0.492 e. The van der Waals surface area contributed by atoms with Crippen LogP contribution < -0.4 is 15.4 Å². The number of nitrogen functional groups attached to an aromatic ring is 1. The zero-order chi connectivity index (χ0) is 15.6. The van der Waals surface area contributed by atoms with Gasteiger partial charge in [-0.05, 0) is 6.42 Å². The Balaban J connectivity index is 2.37. The molecular formula is C12H18N2O5S2. The Hall–Kier alpha value is -1.48. The Morgan fingerprint density at radius 2 is 2.00 bits per heavy atom. The van der Waals surface area contributed by atoms with Gasteiger partial charge in [0.25, 0.3) is 0 Å². The number of hydrogen-bond donors (Lipinski definition) is 1. The first-order valence-electron chi connectivity index (χ1n) is 6.39. The highest BCUT2D eigenvalue weighted by molar-refractivity contribution is 7.91. The van der Waals surface area contributed by atoms with Crippen molar-refractivity contribution in [1.82, 2.24) is 0 Å². The van der Waals surface area contributed by atoms with Gasteiger partial charge in [-0.25, -0.2) is 13.2 Å². The first-order chi connectivity index (χ1) is 9.89. The van der Waals surface area contributed by atoms with Crippen molar-refractivity contribution in [3.63, 3.8) is 0 Å². The Morgan fingerprint density at radius 1 is 1.29 bits per heavy atom. The normalized spacial score (nSPS) is 18.1. The van der Waals surface area contributed by atoms with E-state index in [4.69, 9.17) is 15.2 Å². The molecule has 0 saturated carbocycles. The number of rotatable bonds is 3. The van der Waals surface area contributed by atoms with Crippen molar-refractivity contribution < 1.29 is 22.7 Å². The zero-order valence-electron chi connectivity index (χ0n) is 11.9. The topological polar surface area (TPSA) is 98.9 Å². The van der Waals surface area contributed by atoms with Crippen molar-refractivity contribution in [2.24, 2.45) is 0 Å². The van der Waals surface area contributed by atoms with Crippen molar-refractivity contribution in [3.05, 3.63) is 4.88 Å². The maximum Gasteiger partial charge on any atom is 0.350 e. The Labute approximate surface area is 127 Å². The fraction of sp³-hybridized carbons (Fsp3) is 0.583. The van der Waals surface area contributed by atoms with Gasteiger partial charge in [-0.15, -0.1) is 11.3 Å². The van der Waals surface area contributed by atoms with E-state index in [9.17, 15) is 13.2 Å². The van der Waals surface area contributed by atoms with Crippen LogP contribution in [0.3, 0.4) is 0 Å². The first kappa shape index (κ1) is 15.9. The van der Waals surface area contributed by atoms with Crippen molar-refractivity contribution >= 4 is 37.8 Å². The van der Waals surface area contributed by atoms with Gasteiger partial charge in [0.15, 0.2) is 15.6 Å². The van der Waals surface area contributed by atoms with E-state index >= 15 is 0 Å². The van der Waals surface area contributed by atoms with Crippen molar-refractivity contribution in [3.8, 4) is 5.75 Å². The van der Waals surface area contributed by atoms with E-state index in [1.54, 1.807) is 0 Å². The number of carbonyl (C=O) groups excluding carboxylic acids is 1. The second-order valence-electron chi connectivity index (χ2n) is 4.67. The third-order valence-corrected chi connectivity index (χ3v) is 6.24. The van der Waals surface area contributed by atoms with Crippen LogP contribution in [0.4, 0.5) is 10.7 Å². The second kappa shape index (κ2) is 6.10. The molecule has 1 fully saturated rings. The molecule has 1 aromatic heterocycles. The molecule has 1 aromatic rings. The molecule has 0 unspecified atom stereocenters. The van der Waals surface area contributed by atoms with Crippen molar-refractivity contribution in [2.75, 3.05) is 49.4 Å². The Morgan fingerprint density at radius 3 is 2.62 bits per heavy atom. The number of ether oxygens (including phenoxy) is 2. The van der Waals surface area contributed by atoms with Crippen LogP contribution in [-0.2, 0) is 14.6 Å². The van der Waals surface area contributed by atoms with E-state index in [0.717, 1.165) is 0 Å². The standard InChI is InChI=1S/C12H18N2O5S2/c1-18-9-8(13)10(12(15)19-2)20-11(9)14-4-3-6-21(16,17)7-5-14/h3-7,13H2,1-2H3. The summed E-state index contributed by atoms with van der Waals surface area (Å²) in [5.74, 6) is 0.141. The lowest BCUT2D eigenvalue weighted by atomic mass is 10.3. The van der Waals surface area contributed by atoms with Crippen LogP contribution in [0.25, 0.3) is 0 Å². The molecule has 1 aliphatic rings. The largest absolute Gasteiger partial charge is 0.492 e. The molecule has 0 atom stereocenters. The number of thiophene rings is 1. The van der Waals surface area contributed by atoms with E-state index < -0.39 is 15.8 Å². The summed E-state index contributed by atoms with van der Waals surface area (Å²) in [6.45, 7) is 0.940. The minimum atomic E-state index is -3.00. The molecule has 1 saturated heterocycles. The van der Waals surface area contributed by atoms with E-state index in [0.29, 0.717) is 30.3 Å². The molecule has 118 valence electrons. The van der Waals surface area contributed by atoms with Gasteiger partial charge in [0, 0.05) is 13.1 Å². The molecule has 2 heterocycles. The maximum absolute atomic E-state index is 11.7. The molecule has 7 nitrogen and oxygen atoms in total. The quantitative estimate of drug-likeness (QED) is 0.814. The highest BCUT2D eigenvalue weighted by Gasteiger charge is 2.28. The number of methoxy groups -OCH3 is 2. The summed E-state index contributed by atoms with van der Waals surface area (Å²) in [7, 11) is -0.251. The van der Waals surface area contributed by atoms with Gasteiger partial charge in [0.1, 0.15) is 15.6 Å². The SMILES string of the molecule is COC(=O)c1sc(N2CCCS(=O)(=O)CC2)c(OC)c1N. The van der Waals surface area contributed by atoms with Gasteiger partial charge in [-0.1, -0.05) is 0 Å². The Bertz CT molecular complexity index is 638. The summed E-state index contributed by atoms with van der Waals surface area (Å²) in [5, 5.41) is 0.674. The molecule has 2 rings (SSSR count). The molecule has 0 aromatic carbocycles. The lowest BCUT2D eigenvalue weighted by molar-refractivity contribution is 0.0607. The average molecular weight is 334 g/mol. The van der Waals surface area contributed by atoms with Gasteiger partial charge in [-0.3, -0.25) is 0 Å². The number of nitrogens with zero attached hydrogens (tertiary/aromatic N) is 1. The minimum absolute atomic E-state index is 0.0848. The number of sulfone groups is 1. The fourth-order valence-electron chi connectivity index (χ4n) is 2.21. The van der Waals surface area contributed by atoms with Crippen LogP contribution in [0.5, 0.6) is 5.75 Å². The highest BCUT2D eigenvalue weighted by Crippen LogP contribution is 2.45. The summed E-state index contributed by atoms with van der Waals surface area (Å²) in [5.41, 5.74) is 6.16. The molecular weight excluding hydrogens is 316 g/mol. The number of carbonyl (C=O) groups is 1. The van der Waals surface area contributed by atoms with E-state index in [1.807, 2.05) is 4.90 Å². The molecule has 0 radical (unpaired) electrons. The van der Waals surface area contributed by atoms with Gasteiger partial charge in [0.05, 0.1) is 25.7 Å². The third kappa shape index (κ3) is 3.24. The second-order valence-corrected chi connectivity index (χ2v) is 7.97. The predicted molar refractivity (Wildman–Crippen MR) is 82.1 cm³/mol. The molecule has 0 amide bonds. The van der Waals surface area contributed by atoms with Crippen molar-refractivity contribution in [1.29, 1.82) is 0 Å². The first-order valence-corrected chi connectivity index (χ1v) is 9.03. The van der Waals surface area contributed by atoms with Crippen LogP contribution >= 0.6 is 11.3 Å². The fourth-order valence-corrected chi connectivity index (χ4v) is 4.64. The number of nitrogens with two attached hydrogens (primary N) is 1. The van der Waals surface area contributed by atoms with Gasteiger partial charge < -0.3 is 20.1 Å². The molecule has 0 spiro atoms. The third-order valence-electron chi connectivity index (χ3n) is 3.30. The van der Waals surface area contributed by atoms with Crippen LogP contribution in [0, 0.1) is 0 Å². The Kier molecular flexibility index (Phi) is 4.62. The summed E-state index contributed by atoms with van der Waals surface area (Å²) in [4.78, 5) is 13.9. The van der Waals surface area contributed by atoms with Crippen LogP contribution in [0.1, 0.15) is 16.1 Å². The zero-order valence-corrected chi connectivity index (χ0v) is 13.6. The summed E-state index contributed by atoms with van der Waals surface area (Å²) in [6, 6.07) is 0. The predicted octanol–water partition coefficient (Wildman–Crippen LogP) is 0.750. The number of esters is 1. The lowest BCUT2D eigenvalue weighted by Crippen LogP contribution is -2.26. The molecule has 9 heteroatoms. The molecule has 2 N–H and O–H groups in total. The maximum atomic E-state index is 11.7. The molecule has 1 aliphatic heterocycles. The van der Waals surface area contributed by atoms with Crippen LogP contribution in [0.2, 0.25) is 0 Å². The average Bonchev–Trinajstić information content (AvgIpc) is 2.66. The van der Waals surface area contributed by atoms with E-state index in [2.05, 4.69) is 0 Å². The van der Waals surface area contributed by atoms with Crippen LogP contribution in [0.15, 0.2) is 0 Å². The van der Waals surface area contributed by atoms with E-state index in [-0.39, 0.29) is 22.1 Å². The summed E-state index contributed by atoms with van der Waals surface area (Å²) in [6.07, 6.45) is 0.539. The van der Waals surface area contributed by atoms with Crippen molar-refractivity contribution in [2.45, 2.75) is 6.42 Å². The number of anilines is 2. The summed E-state index contributed by atoms with van der Waals surface area (Å²) >= 11 is 1.17. The van der Waals surface area contributed by atoms with Gasteiger partial charge in [-0.2, -0.15) is 0 Å². The number of hydrogen-bond acceptors (Lipinski definition) is 8. The molecule has 21 heavy (non-hydrogen) atoms. The smallest absolute Gasteiger partial charge is 0.350 e. The van der Waals surface area contributed by atoms with Gasteiger partial charge >= 0.3 is 5.97 Å². The van der Waals surface area contributed by atoms with E-state index in [1.165, 1.54) is 25.6 Å². The highest BCUT2D eigenvalue weighted by atomic mass is 32.2. The van der Waals surface area contributed by atoms with Gasteiger partial charge in [0.2, 0.25) is 0 Å². The summed E-state index contributed by atoms with van der Waals surface area (Å²) < 4.78 is 33.3. The molecule has 0 bridgehead atoms. The monoisotopic (exact) mass is 334 g/mol. The lowest BCUT2D eigenvalue weighted by Gasteiger charge is -2.21. The van der Waals surface area contributed by atoms with Crippen LogP contribution in [-0.4, -0.2) is 53.2 Å². The molecule has 0 aliphatic carbocycles.